The molecule has 1 aromatic carbocycles. The molecule has 20 heavy (non-hydrogen) atoms. The molecule has 1 aromatic rings. The number of sulfonamides is 1. The number of methoxy groups -OCH3 is 1. The van der Waals surface area contributed by atoms with Gasteiger partial charge in [-0.1, -0.05) is 0 Å². The number of hydrogen-bond donors (Lipinski definition) is 2. The molecule has 0 saturated carbocycles. The van der Waals surface area contributed by atoms with Gasteiger partial charge in [0.2, 0.25) is 10.0 Å². The molecule has 0 radical (unpaired) electrons. The predicted molar refractivity (Wildman–Crippen MR) is 69.5 cm³/mol. The maximum atomic E-state index is 12.2. The minimum absolute atomic E-state index is 0.241. The first kappa shape index (κ1) is 11.1. The van der Waals surface area contributed by atoms with Crippen molar-refractivity contribution in [2.75, 3.05) is 20.3 Å². The van der Waals surface area contributed by atoms with E-state index in [4.69, 9.17) is 14.0 Å². The fourth-order valence-corrected chi connectivity index (χ4v) is 3.13. The highest BCUT2D eigenvalue weighted by molar-refractivity contribution is 7.89. The van der Waals surface area contributed by atoms with Crippen LogP contribution >= 0.6 is 0 Å². The lowest BCUT2D eigenvalue weighted by atomic mass is 10.2. The lowest BCUT2D eigenvalue weighted by Crippen LogP contribution is -2.35. The first-order chi connectivity index (χ1) is 10.6. The molecule has 1 atom stereocenters. The van der Waals surface area contributed by atoms with Crippen molar-refractivity contribution >= 4 is 16.0 Å². The standard InChI is InChI=1S/C12H15NO6S/c1-18-11-3-2-9(6-10(11)12(14)15)20(16,17)13-8-4-5-19-7-8/h2-3,6,8,13H,4-5,7H2,1H3,(H,14,15)/t8-/m0/s1/i1D3. The monoisotopic (exact) mass is 304 g/mol. The summed E-state index contributed by atoms with van der Waals surface area (Å²) in [4.78, 5) is 10.9. The van der Waals surface area contributed by atoms with Crippen LogP contribution in [0.3, 0.4) is 0 Å². The molecule has 0 aliphatic carbocycles. The van der Waals surface area contributed by atoms with E-state index in [2.05, 4.69) is 9.46 Å². The second-order valence-corrected chi connectivity index (χ2v) is 5.96. The number of carbonyl (C=O) groups is 1. The van der Waals surface area contributed by atoms with E-state index in [1.54, 1.807) is 0 Å². The zero-order chi connectivity index (χ0) is 17.3. The third kappa shape index (κ3) is 3.09. The van der Waals surface area contributed by atoms with Crippen molar-refractivity contribution in [1.82, 2.24) is 4.72 Å². The van der Waals surface area contributed by atoms with Crippen LogP contribution in [-0.4, -0.2) is 45.8 Å². The number of rotatable bonds is 5. The van der Waals surface area contributed by atoms with Crippen molar-refractivity contribution in [3.05, 3.63) is 23.8 Å². The summed E-state index contributed by atoms with van der Waals surface area (Å²) in [5.41, 5.74) is -0.549. The Kier molecular flexibility index (Phi) is 3.20. The molecule has 0 aromatic heterocycles. The molecule has 0 amide bonds. The summed E-state index contributed by atoms with van der Waals surface area (Å²) < 4.78 is 57.6. The Morgan fingerprint density at radius 2 is 2.40 bits per heavy atom. The van der Waals surface area contributed by atoms with Crippen LogP contribution in [0.5, 0.6) is 5.75 Å². The van der Waals surface area contributed by atoms with E-state index in [1.165, 1.54) is 0 Å². The van der Waals surface area contributed by atoms with Gasteiger partial charge < -0.3 is 14.6 Å². The Bertz CT molecular complexity index is 697. The zero-order valence-corrected chi connectivity index (χ0v) is 11.1. The van der Waals surface area contributed by atoms with Gasteiger partial charge in [-0.05, 0) is 24.6 Å². The summed E-state index contributed by atoms with van der Waals surface area (Å²) in [6.07, 6.45) is 0.519. The number of benzene rings is 1. The van der Waals surface area contributed by atoms with Gasteiger partial charge in [0.1, 0.15) is 11.3 Å². The van der Waals surface area contributed by atoms with Crippen LogP contribution in [0.2, 0.25) is 0 Å². The largest absolute Gasteiger partial charge is 0.496 e. The van der Waals surface area contributed by atoms with Crippen LogP contribution in [0.25, 0.3) is 0 Å². The summed E-state index contributed by atoms with van der Waals surface area (Å²) >= 11 is 0. The van der Waals surface area contributed by atoms with Gasteiger partial charge in [-0.3, -0.25) is 0 Å². The van der Waals surface area contributed by atoms with E-state index < -0.39 is 34.3 Å². The Morgan fingerprint density at radius 1 is 1.60 bits per heavy atom. The van der Waals surface area contributed by atoms with E-state index in [-0.39, 0.29) is 17.5 Å². The van der Waals surface area contributed by atoms with E-state index in [0.717, 1.165) is 18.2 Å². The second-order valence-electron chi connectivity index (χ2n) is 4.25. The Morgan fingerprint density at radius 3 is 3.00 bits per heavy atom. The van der Waals surface area contributed by atoms with Gasteiger partial charge in [-0.15, -0.1) is 0 Å². The highest BCUT2D eigenvalue weighted by Gasteiger charge is 2.25. The zero-order valence-electron chi connectivity index (χ0n) is 13.3. The van der Waals surface area contributed by atoms with Crippen LogP contribution in [0.15, 0.2) is 23.1 Å². The average molecular weight is 304 g/mol. The molecule has 1 fully saturated rings. The molecule has 8 heteroatoms. The van der Waals surface area contributed by atoms with Gasteiger partial charge in [0, 0.05) is 12.6 Å². The van der Waals surface area contributed by atoms with Gasteiger partial charge in [0.15, 0.2) is 0 Å². The quantitative estimate of drug-likeness (QED) is 0.819. The van der Waals surface area contributed by atoms with Crippen molar-refractivity contribution in [1.29, 1.82) is 0 Å². The molecule has 110 valence electrons. The van der Waals surface area contributed by atoms with Gasteiger partial charge in [0.25, 0.3) is 0 Å². The smallest absolute Gasteiger partial charge is 0.339 e. The Labute approximate surface area is 120 Å². The number of hydrogen-bond acceptors (Lipinski definition) is 5. The molecule has 7 nitrogen and oxygen atoms in total. The molecule has 1 aliphatic rings. The SMILES string of the molecule is [2H]C([2H])([2H])Oc1ccc(S(=O)(=O)N[C@H]2CCOC2)cc1C(=O)O. The number of carboxylic acids is 1. The Balaban J connectivity index is 2.33. The molecule has 1 saturated heterocycles. The third-order valence-electron chi connectivity index (χ3n) is 2.85. The molecule has 0 spiro atoms. The molecule has 2 N–H and O–H groups in total. The van der Waals surface area contributed by atoms with E-state index >= 15 is 0 Å². The number of ether oxygens (including phenoxy) is 2. The molecule has 1 heterocycles. The maximum Gasteiger partial charge on any atom is 0.339 e. The van der Waals surface area contributed by atoms with Gasteiger partial charge in [0.05, 0.1) is 22.7 Å². The first-order valence-corrected chi connectivity index (χ1v) is 7.23. The number of aromatic carboxylic acids is 1. The van der Waals surface area contributed by atoms with Crippen molar-refractivity contribution < 1.29 is 31.9 Å². The fraction of sp³-hybridized carbons (Fsp3) is 0.417. The molecule has 0 bridgehead atoms. The topological polar surface area (TPSA) is 102 Å². The third-order valence-corrected chi connectivity index (χ3v) is 4.37. The van der Waals surface area contributed by atoms with Crippen molar-refractivity contribution in [3.8, 4) is 5.75 Å². The molecular weight excluding hydrogens is 286 g/mol. The van der Waals surface area contributed by atoms with Gasteiger partial charge in [-0.25, -0.2) is 17.9 Å². The normalized spacial score (nSPS) is 21.8. The first-order valence-electron chi connectivity index (χ1n) is 7.25. The Hall–Kier alpha value is -1.64. The van der Waals surface area contributed by atoms with Crippen molar-refractivity contribution in [2.45, 2.75) is 17.4 Å². The summed E-state index contributed by atoms with van der Waals surface area (Å²) in [6.45, 7) is 0.685. The minimum Gasteiger partial charge on any atom is -0.496 e. The van der Waals surface area contributed by atoms with Crippen LogP contribution in [0, 0.1) is 0 Å². The molecule has 2 rings (SSSR count). The van der Waals surface area contributed by atoms with E-state index in [9.17, 15) is 13.2 Å². The van der Waals surface area contributed by atoms with E-state index in [0.29, 0.717) is 13.0 Å². The summed E-state index contributed by atoms with van der Waals surface area (Å²) in [7, 11) is -6.79. The van der Waals surface area contributed by atoms with Crippen molar-refractivity contribution in [3.63, 3.8) is 0 Å². The summed E-state index contributed by atoms with van der Waals surface area (Å²) in [6, 6.07) is 2.58. The van der Waals surface area contributed by atoms with Crippen molar-refractivity contribution in [2.24, 2.45) is 0 Å². The van der Waals surface area contributed by atoms with Crippen LogP contribution < -0.4 is 9.46 Å². The molecule has 1 aliphatic heterocycles. The summed E-state index contributed by atoms with van der Waals surface area (Å²) in [5.74, 6) is -1.92. The van der Waals surface area contributed by atoms with Crippen LogP contribution in [-0.2, 0) is 14.8 Å². The van der Waals surface area contributed by atoms with Crippen LogP contribution in [0.1, 0.15) is 20.9 Å². The molecule has 0 unspecified atom stereocenters. The lowest BCUT2D eigenvalue weighted by molar-refractivity contribution is 0.0693. The number of nitrogens with one attached hydrogen (secondary N) is 1. The van der Waals surface area contributed by atoms with E-state index in [1.807, 2.05) is 0 Å². The highest BCUT2D eigenvalue weighted by atomic mass is 32.2. The fourth-order valence-electron chi connectivity index (χ4n) is 1.85. The number of carboxylic acid groups (broad SMARTS) is 1. The average Bonchev–Trinajstić information content (AvgIpc) is 2.88. The molecular formula is C12H15NO6S. The maximum absolute atomic E-state index is 12.2. The highest BCUT2D eigenvalue weighted by Crippen LogP contribution is 2.23. The van der Waals surface area contributed by atoms with Gasteiger partial charge in [-0.2, -0.15) is 0 Å². The van der Waals surface area contributed by atoms with Gasteiger partial charge >= 0.3 is 5.97 Å². The predicted octanol–water partition coefficient (Wildman–Crippen LogP) is 0.461. The summed E-state index contributed by atoms with van der Waals surface area (Å²) in [5, 5.41) is 9.14. The minimum atomic E-state index is -3.95. The second kappa shape index (κ2) is 5.78. The lowest BCUT2D eigenvalue weighted by Gasteiger charge is -2.12. The van der Waals surface area contributed by atoms with Crippen LogP contribution in [0.4, 0.5) is 0 Å².